The second-order valence-electron chi connectivity index (χ2n) is 3.90. The molecule has 0 amide bonds. The Balaban J connectivity index is 3.54. The molecule has 0 aromatic carbocycles. The van der Waals surface area contributed by atoms with Gasteiger partial charge in [-0.3, -0.25) is 0 Å². The molecule has 0 saturated heterocycles. The zero-order valence-corrected chi connectivity index (χ0v) is 11.1. The van der Waals surface area contributed by atoms with E-state index in [-0.39, 0.29) is 18.3 Å². The van der Waals surface area contributed by atoms with E-state index in [9.17, 15) is 0 Å². The van der Waals surface area contributed by atoms with Crippen molar-refractivity contribution in [2.75, 3.05) is 19.8 Å². The molecule has 3 unspecified atom stereocenters. The zero-order chi connectivity index (χ0) is 13.1. The maximum absolute atomic E-state index is 5.55. The Morgan fingerprint density at radius 1 is 0.824 bits per heavy atom. The summed E-state index contributed by atoms with van der Waals surface area (Å²) in [4.78, 5) is 0. The van der Waals surface area contributed by atoms with Gasteiger partial charge in [-0.15, -0.1) is 0 Å². The van der Waals surface area contributed by atoms with Crippen molar-refractivity contribution in [1.29, 1.82) is 0 Å². The van der Waals surface area contributed by atoms with Crippen LogP contribution in [-0.4, -0.2) is 38.1 Å². The summed E-state index contributed by atoms with van der Waals surface area (Å²) in [6.45, 7) is 14.3. The van der Waals surface area contributed by atoms with Gasteiger partial charge in [0.1, 0.15) is 12.7 Å². The summed E-state index contributed by atoms with van der Waals surface area (Å²) in [6, 6.07) is 0. The minimum atomic E-state index is 0.0106. The lowest BCUT2D eigenvalue weighted by molar-refractivity contribution is -0.0645. The van der Waals surface area contributed by atoms with Crippen molar-refractivity contribution in [2.45, 2.75) is 39.1 Å². The lowest BCUT2D eigenvalue weighted by atomic mass is 10.4. The Morgan fingerprint density at radius 3 is 1.88 bits per heavy atom. The molecule has 0 spiro atoms. The normalized spacial score (nSPS) is 15.7. The van der Waals surface area contributed by atoms with E-state index < -0.39 is 0 Å². The van der Waals surface area contributed by atoms with Crippen molar-refractivity contribution >= 4 is 0 Å². The lowest BCUT2D eigenvalue weighted by Gasteiger charge is -2.19. The Kier molecular flexibility index (Phi) is 9.57. The second-order valence-corrected chi connectivity index (χ2v) is 3.90. The van der Waals surface area contributed by atoms with Crippen molar-refractivity contribution in [2.24, 2.45) is 0 Å². The van der Waals surface area contributed by atoms with Crippen LogP contribution in [0.15, 0.2) is 25.7 Å². The summed E-state index contributed by atoms with van der Waals surface area (Å²) in [5.74, 6) is 0. The summed E-state index contributed by atoms with van der Waals surface area (Å²) < 4.78 is 21.3. The van der Waals surface area contributed by atoms with E-state index in [1.165, 1.54) is 12.5 Å². The molecule has 0 N–H and O–H groups in total. The van der Waals surface area contributed by atoms with E-state index in [2.05, 4.69) is 13.2 Å². The second kappa shape index (κ2) is 10.2. The lowest BCUT2D eigenvalue weighted by Crippen LogP contribution is -2.25. The van der Waals surface area contributed by atoms with Crippen LogP contribution in [-0.2, 0) is 18.9 Å². The smallest absolute Gasteiger partial charge is 0.118 e. The average Bonchev–Trinajstić information content (AvgIpc) is 2.31. The fraction of sp³-hybridized carbons (Fsp3) is 0.692. The molecule has 0 aromatic rings. The van der Waals surface area contributed by atoms with Gasteiger partial charge in [-0.1, -0.05) is 13.2 Å². The molecule has 0 rings (SSSR count). The molecule has 0 fully saturated rings. The zero-order valence-electron chi connectivity index (χ0n) is 11.1. The van der Waals surface area contributed by atoms with Gasteiger partial charge in [-0.25, -0.2) is 0 Å². The molecule has 100 valence electrons. The quantitative estimate of drug-likeness (QED) is 0.523. The third-order valence-corrected chi connectivity index (χ3v) is 2.01. The van der Waals surface area contributed by atoms with Gasteiger partial charge in [-0.2, -0.15) is 0 Å². The maximum Gasteiger partial charge on any atom is 0.118 e. The van der Waals surface area contributed by atoms with E-state index in [0.717, 1.165) is 0 Å². The van der Waals surface area contributed by atoms with Crippen molar-refractivity contribution in [3.8, 4) is 0 Å². The van der Waals surface area contributed by atoms with Crippen molar-refractivity contribution in [3.63, 3.8) is 0 Å². The first kappa shape index (κ1) is 16.0. The van der Waals surface area contributed by atoms with Crippen LogP contribution in [0.3, 0.4) is 0 Å². The first-order chi connectivity index (χ1) is 8.10. The van der Waals surface area contributed by atoms with E-state index in [1.807, 2.05) is 20.8 Å². The molecule has 4 heteroatoms. The van der Waals surface area contributed by atoms with E-state index >= 15 is 0 Å². The highest BCUT2D eigenvalue weighted by Gasteiger charge is 2.09. The molecule has 0 aliphatic heterocycles. The Morgan fingerprint density at radius 2 is 1.35 bits per heavy atom. The van der Waals surface area contributed by atoms with Crippen LogP contribution in [0.1, 0.15) is 20.8 Å². The van der Waals surface area contributed by atoms with Crippen molar-refractivity contribution in [3.05, 3.63) is 25.7 Å². The number of hydrogen-bond acceptors (Lipinski definition) is 4. The predicted octanol–water partition coefficient (Wildman–Crippen LogP) is 2.51. The summed E-state index contributed by atoms with van der Waals surface area (Å²) >= 11 is 0. The topological polar surface area (TPSA) is 36.9 Å². The monoisotopic (exact) mass is 244 g/mol. The third kappa shape index (κ3) is 9.90. The number of ether oxygens (including phenoxy) is 4. The molecule has 17 heavy (non-hydrogen) atoms. The minimum absolute atomic E-state index is 0.0106. The standard InChI is InChI=1S/C13H24O4/c1-6-14-8-11(3)16-10-13(5)17-9-12(4)15-7-2/h6-7,11-13H,1-2,8-10H2,3-5H3. The van der Waals surface area contributed by atoms with Crippen LogP contribution in [0.25, 0.3) is 0 Å². The minimum Gasteiger partial charge on any atom is -0.499 e. The van der Waals surface area contributed by atoms with Crippen LogP contribution in [0, 0.1) is 0 Å². The molecule has 4 nitrogen and oxygen atoms in total. The number of hydrogen-bond donors (Lipinski definition) is 0. The summed E-state index contributed by atoms with van der Waals surface area (Å²) in [5, 5.41) is 0. The average molecular weight is 244 g/mol. The molecule has 0 aliphatic rings. The highest BCUT2D eigenvalue weighted by atomic mass is 16.6. The molecule has 0 radical (unpaired) electrons. The molecule has 0 aromatic heterocycles. The van der Waals surface area contributed by atoms with Crippen LogP contribution in [0.5, 0.6) is 0 Å². The Hall–Kier alpha value is -1.00. The van der Waals surface area contributed by atoms with Crippen LogP contribution in [0.4, 0.5) is 0 Å². The van der Waals surface area contributed by atoms with E-state index in [4.69, 9.17) is 18.9 Å². The molecule has 0 bridgehead atoms. The number of rotatable bonds is 11. The maximum atomic E-state index is 5.55. The van der Waals surface area contributed by atoms with Crippen LogP contribution in [0.2, 0.25) is 0 Å². The van der Waals surface area contributed by atoms with Gasteiger partial charge in [-0.05, 0) is 20.8 Å². The summed E-state index contributed by atoms with van der Waals surface area (Å²) in [6.07, 6.45) is 2.90. The fourth-order valence-electron chi connectivity index (χ4n) is 1.10. The Bertz CT molecular complexity index is 206. The molecule has 3 atom stereocenters. The summed E-state index contributed by atoms with van der Waals surface area (Å²) in [7, 11) is 0. The molecule has 0 aliphatic carbocycles. The molecular weight excluding hydrogens is 220 g/mol. The summed E-state index contributed by atoms with van der Waals surface area (Å²) in [5.41, 5.74) is 0. The third-order valence-electron chi connectivity index (χ3n) is 2.01. The first-order valence-corrected chi connectivity index (χ1v) is 5.82. The van der Waals surface area contributed by atoms with Crippen LogP contribution >= 0.6 is 0 Å². The van der Waals surface area contributed by atoms with Crippen LogP contribution < -0.4 is 0 Å². The van der Waals surface area contributed by atoms with E-state index in [1.54, 1.807) is 0 Å². The van der Waals surface area contributed by atoms with Crippen molar-refractivity contribution in [1.82, 2.24) is 0 Å². The van der Waals surface area contributed by atoms with Gasteiger partial charge in [0.2, 0.25) is 0 Å². The Labute approximate surface area is 104 Å². The van der Waals surface area contributed by atoms with Crippen molar-refractivity contribution < 1.29 is 18.9 Å². The molecule has 0 saturated carbocycles. The van der Waals surface area contributed by atoms with Gasteiger partial charge in [0.25, 0.3) is 0 Å². The van der Waals surface area contributed by atoms with E-state index in [0.29, 0.717) is 19.8 Å². The SMILES string of the molecule is C=COCC(C)OCC(C)OCC(C)OC=C. The molecule has 0 heterocycles. The largest absolute Gasteiger partial charge is 0.499 e. The fourth-order valence-corrected chi connectivity index (χ4v) is 1.10. The van der Waals surface area contributed by atoms with Gasteiger partial charge < -0.3 is 18.9 Å². The van der Waals surface area contributed by atoms with Gasteiger partial charge in [0.05, 0.1) is 37.9 Å². The first-order valence-electron chi connectivity index (χ1n) is 5.82. The van der Waals surface area contributed by atoms with Gasteiger partial charge in [0, 0.05) is 0 Å². The highest BCUT2D eigenvalue weighted by Crippen LogP contribution is 2.00. The highest BCUT2D eigenvalue weighted by molar-refractivity contribution is 4.59. The van der Waals surface area contributed by atoms with Gasteiger partial charge >= 0.3 is 0 Å². The predicted molar refractivity (Wildman–Crippen MR) is 67.7 cm³/mol. The van der Waals surface area contributed by atoms with Gasteiger partial charge in [0.15, 0.2) is 0 Å². The molecular formula is C13H24O4.